The number of rotatable bonds is 3. The van der Waals surface area contributed by atoms with Crippen molar-refractivity contribution in [1.29, 1.82) is 0 Å². The molecule has 1 spiro atoms. The van der Waals surface area contributed by atoms with Crippen molar-refractivity contribution >= 4 is 5.96 Å². The van der Waals surface area contributed by atoms with Gasteiger partial charge in [0.05, 0.1) is 0 Å². The summed E-state index contributed by atoms with van der Waals surface area (Å²) < 4.78 is 0. The van der Waals surface area contributed by atoms with Crippen molar-refractivity contribution in [3.8, 4) is 0 Å². The fourth-order valence-corrected chi connectivity index (χ4v) is 4.53. The van der Waals surface area contributed by atoms with Gasteiger partial charge in [-0.05, 0) is 56.9 Å². The summed E-state index contributed by atoms with van der Waals surface area (Å²) >= 11 is 0. The Morgan fingerprint density at radius 2 is 2.09 bits per heavy atom. The second-order valence-electron chi connectivity index (χ2n) is 8.04. The molecule has 1 saturated carbocycles. The van der Waals surface area contributed by atoms with Crippen molar-refractivity contribution in [2.45, 2.75) is 58.4 Å². The highest BCUT2D eigenvalue weighted by Gasteiger charge is 2.43. The van der Waals surface area contributed by atoms with E-state index in [2.05, 4.69) is 34.0 Å². The third-order valence-corrected chi connectivity index (χ3v) is 6.23. The largest absolute Gasteiger partial charge is 0.355 e. The third kappa shape index (κ3) is 3.42. The van der Waals surface area contributed by atoms with Crippen LogP contribution in [0.15, 0.2) is 4.99 Å². The van der Waals surface area contributed by atoms with Gasteiger partial charge < -0.3 is 10.2 Å². The van der Waals surface area contributed by atoms with Crippen LogP contribution in [0.5, 0.6) is 0 Å². The maximum atomic E-state index is 4.54. The minimum atomic E-state index is 0.597. The zero-order valence-electron chi connectivity index (χ0n) is 14.8. The van der Waals surface area contributed by atoms with Crippen molar-refractivity contribution in [2.75, 3.05) is 39.8 Å². The van der Waals surface area contributed by atoms with Gasteiger partial charge >= 0.3 is 0 Å². The van der Waals surface area contributed by atoms with Gasteiger partial charge in [0, 0.05) is 39.3 Å². The predicted molar refractivity (Wildman–Crippen MR) is 93.3 cm³/mol. The van der Waals surface area contributed by atoms with E-state index < -0.39 is 0 Å². The average molecular weight is 306 g/mol. The van der Waals surface area contributed by atoms with Crippen LogP contribution < -0.4 is 5.32 Å². The van der Waals surface area contributed by atoms with Crippen molar-refractivity contribution < 1.29 is 0 Å². The fraction of sp³-hybridized carbons (Fsp3) is 0.944. The Morgan fingerprint density at radius 3 is 2.68 bits per heavy atom. The molecular weight excluding hydrogens is 272 g/mol. The van der Waals surface area contributed by atoms with Crippen LogP contribution >= 0.6 is 0 Å². The van der Waals surface area contributed by atoms with Crippen LogP contribution in [0.1, 0.15) is 52.4 Å². The quantitative estimate of drug-likeness (QED) is 0.642. The first-order valence-corrected chi connectivity index (χ1v) is 9.31. The topological polar surface area (TPSA) is 30.9 Å². The molecule has 4 nitrogen and oxygen atoms in total. The van der Waals surface area contributed by atoms with Crippen LogP contribution in [0.25, 0.3) is 0 Å². The molecule has 0 radical (unpaired) electrons. The standard InChI is InChI=1S/C18H34N4/c1-15-6-4-10-21(13-15)16(2)12-20-17(19-3)22-11-9-18(14-22)7-5-8-18/h15-16H,4-14H2,1-3H3,(H,19,20). The van der Waals surface area contributed by atoms with Crippen LogP contribution in [0.2, 0.25) is 0 Å². The van der Waals surface area contributed by atoms with Crippen LogP contribution in [-0.2, 0) is 0 Å². The number of piperidine rings is 1. The van der Waals surface area contributed by atoms with Gasteiger partial charge in [0.15, 0.2) is 5.96 Å². The summed E-state index contributed by atoms with van der Waals surface area (Å²) in [6, 6.07) is 0.597. The van der Waals surface area contributed by atoms with Gasteiger partial charge in [-0.25, -0.2) is 0 Å². The maximum Gasteiger partial charge on any atom is 0.193 e. The number of hydrogen-bond acceptors (Lipinski definition) is 2. The second-order valence-corrected chi connectivity index (χ2v) is 8.04. The van der Waals surface area contributed by atoms with E-state index in [0.717, 1.165) is 18.4 Å². The van der Waals surface area contributed by atoms with E-state index in [1.54, 1.807) is 0 Å². The molecule has 3 fully saturated rings. The van der Waals surface area contributed by atoms with E-state index in [1.807, 2.05) is 7.05 Å². The minimum Gasteiger partial charge on any atom is -0.355 e. The van der Waals surface area contributed by atoms with E-state index in [4.69, 9.17) is 0 Å². The van der Waals surface area contributed by atoms with Crippen molar-refractivity contribution in [2.24, 2.45) is 16.3 Å². The summed E-state index contributed by atoms with van der Waals surface area (Å²) in [6.45, 7) is 10.7. The lowest BCUT2D eigenvalue weighted by Gasteiger charge is -2.38. The van der Waals surface area contributed by atoms with Gasteiger partial charge in [0.1, 0.15) is 0 Å². The van der Waals surface area contributed by atoms with Crippen LogP contribution in [0.3, 0.4) is 0 Å². The predicted octanol–water partition coefficient (Wildman–Crippen LogP) is 2.56. The Balaban J connectivity index is 1.47. The lowest BCUT2D eigenvalue weighted by Crippen LogP contribution is -2.49. The summed E-state index contributed by atoms with van der Waals surface area (Å²) in [5.41, 5.74) is 0.644. The molecule has 0 aromatic carbocycles. The van der Waals surface area contributed by atoms with E-state index in [-0.39, 0.29) is 0 Å². The van der Waals surface area contributed by atoms with Crippen LogP contribution in [-0.4, -0.2) is 61.6 Å². The van der Waals surface area contributed by atoms with Crippen LogP contribution in [0.4, 0.5) is 0 Å². The molecule has 1 aliphatic carbocycles. The number of aliphatic imine (C=N–C) groups is 1. The van der Waals surface area contributed by atoms with Gasteiger partial charge in [-0.2, -0.15) is 0 Å². The molecule has 4 heteroatoms. The maximum absolute atomic E-state index is 4.54. The number of guanidine groups is 1. The second kappa shape index (κ2) is 6.77. The highest BCUT2D eigenvalue weighted by atomic mass is 15.3. The molecule has 2 saturated heterocycles. The molecule has 0 aromatic rings. The highest BCUT2D eigenvalue weighted by Crippen LogP contribution is 2.47. The minimum absolute atomic E-state index is 0.597. The van der Waals surface area contributed by atoms with E-state index in [1.165, 1.54) is 64.7 Å². The summed E-state index contributed by atoms with van der Waals surface area (Å²) in [5, 5.41) is 3.64. The molecule has 22 heavy (non-hydrogen) atoms. The summed E-state index contributed by atoms with van der Waals surface area (Å²) in [4.78, 5) is 9.67. The third-order valence-electron chi connectivity index (χ3n) is 6.23. The summed E-state index contributed by atoms with van der Waals surface area (Å²) in [7, 11) is 1.93. The first kappa shape index (κ1) is 16.1. The van der Waals surface area contributed by atoms with E-state index in [0.29, 0.717) is 11.5 Å². The Labute approximate surface area is 136 Å². The number of likely N-dealkylation sites (tertiary alicyclic amines) is 2. The number of nitrogens with zero attached hydrogens (tertiary/aromatic N) is 3. The Hall–Kier alpha value is -0.770. The zero-order chi connectivity index (χ0) is 15.6. The lowest BCUT2D eigenvalue weighted by molar-refractivity contribution is 0.138. The molecule has 2 aliphatic heterocycles. The smallest absolute Gasteiger partial charge is 0.193 e. The molecule has 3 rings (SSSR count). The molecule has 126 valence electrons. The van der Waals surface area contributed by atoms with E-state index in [9.17, 15) is 0 Å². The van der Waals surface area contributed by atoms with Gasteiger partial charge in [-0.15, -0.1) is 0 Å². The molecule has 2 atom stereocenters. The number of hydrogen-bond donors (Lipinski definition) is 1. The van der Waals surface area contributed by atoms with Gasteiger partial charge in [-0.3, -0.25) is 9.89 Å². The molecule has 3 aliphatic rings. The van der Waals surface area contributed by atoms with Crippen molar-refractivity contribution in [1.82, 2.24) is 15.1 Å². The monoisotopic (exact) mass is 306 g/mol. The van der Waals surface area contributed by atoms with Gasteiger partial charge in [0.25, 0.3) is 0 Å². The Kier molecular flexibility index (Phi) is 4.96. The van der Waals surface area contributed by atoms with E-state index >= 15 is 0 Å². The normalized spacial score (nSPS) is 30.4. The molecule has 0 amide bonds. The summed E-state index contributed by atoms with van der Waals surface area (Å²) in [5.74, 6) is 1.98. The van der Waals surface area contributed by atoms with Crippen molar-refractivity contribution in [3.63, 3.8) is 0 Å². The Bertz CT molecular complexity index is 402. The summed E-state index contributed by atoms with van der Waals surface area (Å²) in [6.07, 6.45) is 8.42. The lowest BCUT2D eigenvalue weighted by atomic mass is 9.68. The Morgan fingerprint density at radius 1 is 1.27 bits per heavy atom. The SMILES string of the molecule is CN=C(NCC(C)N1CCCC(C)C1)N1CCC2(CCC2)C1. The van der Waals surface area contributed by atoms with Gasteiger partial charge in [-0.1, -0.05) is 13.3 Å². The molecule has 2 unspecified atom stereocenters. The van der Waals surface area contributed by atoms with Gasteiger partial charge in [0.2, 0.25) is 0 Å². The average Bonchev–Trinajstić information content (AvgIpc) is 2.93. The first-order valence-electron chi connectivity index (χ1n) is 9.31. The first-order chi connectivity index (χ1) is 10.6. The fourth-order valence-electron chi connectivity index (χ4n) is 4.53. The molecule has 1 N–H and O–H groups in total. The molecule has 0 bridgehead atoms. The zero-order valence-corrected chi connectivity index (χ0v) is 14.8. The highest BCUT2D eigenvalue weighted by molar-refractivity contribution is 5.80. The molecule has 2 heterocycles. The molecular formula is C18H34N4. The van der Waals surface area contributed by atoms with Crippen molar-refractivity contribution in [3.05, 3.63) is 0 Å². The number of nitrogens with one attached hydrogen (secondary N) is 1. The molecule has 0 aromatic heterocycles. The van der Waals surface area contributed by atoms with Crippen LogP contribution in [0, 0.1) is 11.3 Å².